The number of rotatable bonds is 12. The maximum absolute atomic E-state index is 13.5. The van der Waals surface area contributed by atoms with Crippen LogP contribution in [0.3, 0.4) is 0 Å². The van der Waals surface area contributed by atoms with E-state index in [-0.39, 0.29) is 44.0 Å². The molecule has 37 heavy (non-hydrogen) atoms. The molecule has 1 aliphatic heterocycles. The van der Waals surface area contributed by atoms with Crippen LogP contribution in [0.4, 0.5) is 5.69 Å². The first-order valence-electron chi connectivity index (χ1n) is 12.5. The molecule has 0 bridgehead atoms. The highest BCUT2D eigenvalue weighted by Gasteiger charge is 2.29. The Hall–Kier alpha value is -3.27. The van der Waals surface area contributed by atoms with Crippen LogP contribution in [0.1, 0.15) is 51.2 Å². The van der Waals surface area contributed by atoms with Crippen LogP contribution in [0.2, 0.25) is 0 Å². The summed E-state index contributed by atoms with van der Waals surface area (Å²) in [5, 5.41) is 2.92. The van der Waals surface area contributed by atoms with Crippen molar-refractivity contribution in [2.24, 2.45) is 0 Å². The Morgan fingerprint density at radius 3 is 2.35 bits per heavy atom. The van der Waals surface area contributed by atoms with Crippen LogP contribution in [-0.4, -0.2) is 56.8 Å². The van der Waals surface area contributed by atoms with Gasteiger partial charge < -0.3 is 19.7 Å². The Labute approximate surface area is 219 Å². The Morgan fingerprint density at radius 2 is 1.73 bits per heavy atom. The van der Waals surface area contributed by atoms with Crippen molar-refractivity contribution in [3.63, 3.8) is 0 Å². The lowest BCUT2D eigenvalue weighted by molar-refractivity contribution is -0.141. The van der Waals surface area contributed by atoms with Gasteiger partial charge in [0.05, 0.1) is 11.9 Å². The SMILES string of the molecule is CC[C@H](C(=O)NC(C)C)N(Cc1ccc(C)cc1)C(=O)CCCN(c1ccc2c(c1)OCO2)S(C)(=O)=O. The van der Waals surface area contributed by atoms with Crippen LogP contribution in [0.25, 0.3) is 0 Å². The van der Waals surface area contributed by atoms with Gasteiger partial charge in [-0.1, -0.05) is 36.8 Å². The standard InChI is InChI=1S/C27H37N3O6S/c1-6-23(27(32)28-19(2)3)29(17-21-11-9-20(4)10-12-21)26(31)8-7-15-30(37(5,33)34)22-13-14-24-25(16-22)36-18-35-24/h9-14,16,19,23H,6-8,15,17-18H2,1-5H3,(H,28,32)/t23-/m1/s1. The summed E-state index contributed by atoms with van der Waals surface area (Å²) in [6.45, 7) is 8.13. The molecule has 0 spiro atoms. The van der Waals surface area contributed by atoms with Crippen LogP contribution < -0.4 is 19.1 Å². The van der Waals surface area contributed by atoms with Crippen molar-refractivity contribution in [1.82, 2.24) is 10.2 Å². The predicted octanol–water partition coefficient (Wildman–Crippen LogP) is 3.60. The Kier molecular flexibility index (Phi) is 9.42. The summed E-state index contributed by atoms with van der Waals surface area (Å²) in [6, 6.07) is 12.1. The number of aryl methyl sites for hydroxylation is 1. The minimum atomic E-state index is -3.61. The van der Waals surface area contributed by atoms with Gasteiger partial charge in [-0.15, -0.1) is 0 Å². The molecule has 1 atom stereocenters. The first-order valence-corrected chi connectivity index (χ1v) is 14.4. The van der Waals surface area contributed by atoms with Gasteiger partial charge in [0.2, 0.25) is 28.6 Å². The van der Waals surface area contributed by atoms with E-state index in [1.807, 2.05) is 52.0 Å². The number of hydrogen-bond donors (Lipinski definition) is 1. The fourth-order valence-corrected chi connectivity index (χ4v) is 5.19. The second-order valence-electron chi connectivity index (χ2n) is 9.57. The number of anilines is 1. The molecule has 9 nitrogen and oxygen atoms in total. The van der Waals surface area contributed by atoms with Crippen molar-refractivity contribution < 1.29 is 27.5 Å². The first kappa shape index (κ1) is 28.3. The van der Waals surface area contributed by atoms with Gasteiger partial charge in [-0.25, -0.2) is 8.42 Å². The number of ether oxygens (including phenoxy) is 2. The summed E-state index contributed by atoms with van der Waals surface area (Å²) in [5.74, 6) is 0.638. The lowest BCUT2D eigenvalue weighted by Crippen LogP contribution is -2.50. The number of nitrogens with zero attached hydrogens (tertiary/aromatic N) is 2. The fourth-order valence-electron chi connectivity index (χ4n) is 4.23. The van der Waals surface area contributed by atoms with Crippen molar-refractivity contribution in [3.05, 3.63) is 53.6 Å². The van der Waals surface area contributed by atoms with E-state index in [0.29, 0.717) is 30.2 Å². The normalized spacial score (nSPS) is 13.4. The molecule has 0 radical (unpaired) electrons. The molecule has 2 amide bonds. The number of sulfonamides is 1. The molecule has 1 aliphatic rings. The molecule has 2 aromatic carbocycles. The summed E-state index contributed by atoms with van der Waals surface area (Å²) < 4.78 is 37.1. The lowest BCUT2D eigenvalue weighted by Gasteiger charge is -2.31. The summed E-state index contributed by atoms with van der Waals surface area (Å²) in [4.78, 5) is 28.0. The zero-order valence-electron chi connectivity index (χ0n) is 22.2. The largest absolute Gasteiger partial charge is 0.454 e. The molecule has 0 aromatic heterocycles. The van der Waals surface area contributed by atoms with E-state index >= 15 is 0 Å². The van der Waals surface area contributed by atoms with Crippen LogP contribution in [0, 0.1) is 6.92 Å². The van der Waals surface area contributed by atoms with Gasteiger partial charge in [0.1, 0.15) is 6.04 Å². The van der Waals surface area contributed by atoms with E-state index in [0.717, 1.165) is 17.4 Å². The minimum absolute atomic E-state index is 0.0529. The number of hydrogen-bond acceptors (Lipinski definition) is 6. The van der Waals surface area contributed by atoms with Crippen molar-refractivity contribution in [3.8, 4) is 11.5 Å². The smallest absolute Gasteiger partial charge is 0.243 e. The van der Waals surface area contributed by atoms with Crippen molar-refractivity contribution in [2.45, 2.75) is 65.6 Å². The average Bonchev–Trinajstić information content (AvgIpc) is 3.29. The second kappa shape index (κ2) is 12.3. The van der Waals surface area contributed by atoms with Crippen LogP contribution in [-0.2, 0) is 26.2 Å². The third-order valence-electron chi connectivity index (χ3n) is 6.09. The maximum atomic E-state index is 13.5. The van der Waals surface area contributed by atoms with Gasteiger partial charge in [-0.3, -0.25) is 13.9 Å². The van der Waals surface area contributed by atoms with Crippen LogP contribution in [0.15, 0.2) is 42.5 Å². The monoisotopic (exact) mass is 531 g/mol. The van der Waals surface area contributed by atoms with Gasteiger partial charge in [-0.05, 0) is 51.3 Å². The van der Waals surface area contributed by atoms with E-state index in [4.69, 9.17) is 9.47 Å². The summed E-state index contributed by atoms with van der Waals surface area (Å²) in [6.07, 6.45) is 1.97. The number of carbonyl (C=O) groups excluding carboxylic acids is 2. The molecule has 0 fully saturated rings. The van der Waals surface area contributed by atoms with Gasteiger partial charge in [-0.2, -0.15) is 0 Å². The molecule has 0 unspecified atom stereocenters. The topological polar surface area (TPSA) is 105 Å². The van der Waals surface area contributed by atoms with Crippen molar-refractivity contribution in [1.29, 1.82) is 0 Å². The lowest BCUT2D eigenvalue weighted by atomic mass is 10.1. The molecule has 10 heteroatoms. The highest BCUT2D eigenvalue weighted by Crippen LogP contribution is 2.36. The van der Waals surface area contributed by atoms with E-state index in [9.17, 15) is 18.0 Å². The molecule has 1 heterocycles. The number of fused-ring (bicyclic) bond motifs is 1. The molecule has 2 aromatic rings. The van der Waals surface area contributed by atoms with Crippen molar-refractivity contribution in [2.75, 3.05) is 23.9 Å². The summed E-state index contributed by atoms with van der Waals surface area (Å²) in [7, 11) is -3.61. The van der Waals surface area contributed by atoms with Crippen LogP contribution >= 0.6 is 0 Å². The molecule has 202 valence electrons. The molecule has 3 rings (SSSR count). The average molecular weight is 532 g/mol. The zero-order valence-corrected chi connectivity index (χ0v) is 23.0. The maximum Gasteiger partial charge on any atom is 0.243 e. The third kappa shape index (κ3) is 7.61. The molecule has 0 saturated carbocycles. The quantitative estimate of drug-likeness (QED) is 0.449. The van der Waals surface area contributed by atoms with E-state index in [1.54, 1.807) is 23.1 Å². The number of nitrogens with one attached hydrogen (secondary N) is 1. The van der Waals surface area contributed by atoms with E-state index < -0.39 is 16.1 Å². The Balaban J connectivity index is 1.76. The van der Waals surface area contributed by atoms with Crippen LogP contribution in [0.5, 0.6) is 11.5 Å². The van der Waals surface area contributed by atoms with Gasteiger partial charge in [0, 0.05) is 31.6 Å². The third-order valence-corrected chi connectivity index (χ3v) is 7.28. The number of amides is 2. The molecular weight excluding hydrogens is 494 g/mol. The van der Waals surface area contributed by atoms with Gasteiger partial charge >= 0.3 is 0 Å². The zero-order chi connectivity index (χ0) is 27.2. The minimum Gasteiger partial charge on any atom is -0.454 e. The first-order chi connectivity index (χ1) is 17.5. The number of carbonyl (C=O) groups is 2. The molecular formula is C27H37N3O6S. The fraction of sp³-hybridized carbons (Fsp3) is 0.481. The highest BCUT2D eigenvalue weighted by atomic mass is 32.2. The van der Waals surface area contributed by atoms with E-state index in [1.165, 1.54) is 4.31 Å². The van der Waals surface area contributed by atoms with E-state index in [2.05, 4.69) is 5.32 Å². The predicted molar refractivity (Wildman–Crippen MR) is 143 cm³/mol. The van der Waals surface area contributed by atoms with Gasteiger partial charge in [0.25, 0.3) is 0 Å². The summed E-state index contributed by atoms with van der Waals surface area (Å²) in [5.41, 5.74) is 2.47. The Morgan fingerprint density at radius 1 is 1.05 bits per heavy atom. The molecule has 1 N–H and O–H groups in total. The summed E-state index contributed by atoms with van der Waals surface area (Å²) >= 11 is 0. The number of benzene rings is 2. The van der Waals surface area contributed by atoms with Gasteiger partial charge in [0.15, 0.2) is 11.5 Å². The Bertz CT molecular complexity index is 1200. The second-order valence-corrected chi connectivity index (χ2v) is 11.5. The molecule has 0 aliphatic carbocycles. The van der Waals surface area contributed by atoms with Crippen molar-refractivity contribution >= 4 is 27.5 Å². The highest BCUT2D eigenvalue weighted by molar-refractivity contribution is 7.92. The molecule has 0 saturated heterocycles.